The fourth-order valence-electron chi connectivity index (χ4n) is 2.63. The molecule has 27 heavy (non-hydrogen) atoms. The summed E-state index contributed by atoms with van der Waals surface area (Å²) < 4.78 is 10.9. The maximum Gasteiger partial charge on any atom is 0.195 e. The highest BCUT2D eigenvalue weighted by Crippen LogP contribution is 2.30. The second-order valence-corrected chi connectivity index (χ2v) is 6.49. The molecule has 0 saturated heterocycles. The Morgan fingerprint density at radius 2 is 1.78 bits per heavy atom. The van der Waals surface area contributed by atoms with Gasteiger partial charge < -0.3 is 25.0 Å². The van der Waals surface area contributed by atoms with Crippen LogP contribution in [-0.4, -0.2) is 58.8 Å². The number of anilines is 1. The molecule has 1 aromatic rings. The van der Waals surface area contributed by atoms with Crippen LogP contribution in [0.5, 0.6) is 11.5 Å². The zero-order valence-corrected chi connectivity index (χ0v) is 19.8. The molecule has 156 valence electrons. The fourth-order valence-corrected chi connectivity index (χ4v) is 2.63. The maximum atomic E-state index is 5.62. The second kappa shape index (κ2) is 15.8. The summed E-state index contributed by atoms with van der Waals surface area (Å²) in [5.74, 6) is 2.23. The number of aliphatic imine (C=N–C) groups is 1. The Labute approximate surface area is 182 Å². The van der Waals surface area contributed by atoms with E-state index in [2.05, 4.69) is 34.6 Å². The van der Waals surface area contributed by atoms with Gasteiger partial charge in [0.05, 0.1) is 13.7 Å². The summed E-state index contributed by atoms with van der Waals surface area (Å²) in [5.41, 5.74) is 0.922. The van der Waals surface area contributed by atoms with Gasteiger partial charge in [-0.1, -0.05) is 19.3 Å². The lowest BCUT2D eigenvalue weighted by Gasteiger charge is -2.14. The standard InChI is InChI=1S/C20H36N4O2.HI/c1-6-26-19-16-17(12-13-18(19)25-5)23-20(21-2)22-14-10-8-7-9-11-15-24(3)4;/h12-13,16H,6-11,14-15H2,1-5H3,(H2,21,22,23);1H. The van der Waals surface area contributed by atoms with Gasteiger partial charge in [-0.25, -0.2) is 0 Å². The van der Waals surface area contributed by atoms with Crippen LogP contribution in [-0.2, 0) is 0 Å². The number of ether oxygens (including phenoxy) is 2. The Kier molecular flexibility index (Phi) is 15.1. The summed E-state index contributed by atoms with van der Waals surface area (Å²) >= 11 is 0. The molecule has 0 heterocycles. The maximum absolute atomic E-state index is 5.62. The third-order valence-corrected chi connectivity index (χ3v) is 4.02. The highest BCUT2D eigenvalue weighted by Gasteiger charge is 2.06. The highest BCUT2D eigenvalue weighted by molar-refractivity contribution is 14.0. The summed E-state index contributed by atoms with van der Waals surface area (Å²) in [4.78, 5) is 6.53. The minimum Gasteiger partial charge on any atom is -0.493 e. The topological polar surface area (TPSA) is 58.1 Å². The monoisotopic (exact) mass is 492 g/mol. The molecule has 0 aliphatic carbocycles. The van der Waals surface area contributed by atoms with Crippen molar-refractivity contribution in [2.45, 2.75) is 39.0 Å². The third-order valence-electron chi connectivity index (χ3n) is 4.02. The first-order valence-corrected chi connectivity index (χ1v) is 9.54. The molecule has 0 aliphatic heterocycles. The summed E-state index contributed by atoms with van der Waals surface area (Å²) in [5, 5.41) is 6.67. The number of rotatable bonds is 12. The first-order valence-electron chi connectivity index (χ1n) is 9.54. The van der Waals surface area contributed by atoms with Crippen LogP contribution in [0, 0.1) is 0 Å². The molecular formula is C20H37IN4O2. The van der Waals surface area contributed by atoms with E-state index < -0.39 is 0 Å². The molecule has 0 amide bonds. The van der Waals surface area contributed by atoms with Gasteiger partial charge in [0.15, 0.2) is 17.5 Å². The quantitative estimate of drug-likeness (QED) is 0.198. The Balaban J connectivity index is 0.00000676. The number of benzene rings is 1. The lowest BCUT2D eigenvalue weighted by molar-refractivity contribution is 0.311. The van der Waals surface area contributed by atoms with Crippen molar-refractivity contribution < 1.29 is 9.47 Å². The third kappa shape index (κ3) is 11.3. The molecule has 0 unspecified atom stereocenters. The molecule has 0 aromatic heterocycles. The van der Waals surface area contributed by atoms with E-state index in [0.717, 1.165) is 36.1 Å². The summed E-state index contributed by atoms with van der Waals surface area (Å²) in [6.45, 7) is 4.66. The van der Waals surface area contributed by atoms with Crippen LogP contribution in [0.25, 0.3) is 0 Å². The van der Waals surface area contributed by atoms with Gasteiger partial charge in [-0.3, -0.25) is 4.99 Å². The molecule has 6 nitrogen and oxygen atoms in total. The van der Waals surface area contributed by atoms with E-state index in [1.807, 2.05) is 25.1 Å². The number of nitrogens with zero attached hydrogens (tertiary/aromatic N) is 2. The van der Waals surface area contributed by atoms with E-state index in [9.17, 15) is 0 Å². The predicted octanol–water partition coefficient (Wildman–Crippen LogP) is 4.21. The molecule has 0 fully saturated rings. The van der Waals surface area contributed by atoms with Gasteiger partial charge >= 0.3 is 0 Å². The van der Waals surface area contributed by atoms with Crippen molar-refractivity contribution >= 4 is 35.6 Å². The normalized spacial score (nSPS) is 11.1. The number of unbranched alkanes of at least 4 members (excludes halogenated alkanes) is 4. The molecule has 0 radical (unpaired) electrons. The van der Waals surface area contributed by atoms with Crippen LogP contribution >= 0.6 is 24.0 Å². The number of methoxy groups -OCH3 is 1. The lowest BCUT2D eigenvalue weighted by atomic mass is 10.1. The molecular weight excluding hydrogens is 455 g/mol. The number of nitrogens with one attached hydrogen (secondary N) is 2. The van der Waals surface area contributed by atoms with E-state index in [1.165, 1.54) is 32.2 Å². The van der Waals surface area contributed by atoms with E-state index >= 15 is 0 Å². The molecule has 1 aromatic carbocycles. The minimum absolute atomic E-state index is 0. The van der Waals surface area contributed by atoms with Crippen LogP contribution in [0.3, 0.4) is 0 Å². The minimum atomic E-state index is 0. The molecule has 1 rings (SSSR count). The Morgan fingerprint density at radius 3 is 2.41 bits per heavy atom. The van der Waals surface area contributed by atoms with Gasteiger partial charge in [-0.05, 0) is 52.5 Å². The average molecular weight is 492 g/mol. The van der Waals surface area contributed by atoms with Crippen LogP contribution < -0.4 is 20.1 Å². The molecule has 0 saturated carbocycles. The largest absolute Gasteiger partial charge is 0.493 e. The zero-order chi connectivity index (χ0) is 19.2. The van der Waals surface area contributed by atoms with E-state index in [4.69, 9.17) is 9.47 Å². The van der Waals surface area contributed by atoms with Crippen LogP contribution in [0.2, 0.25) is 0 Å². The molecule has 0 aliphatic rings. The van der Waals surface area contributed by atoms with Gasteiger partial charge in [0.1, 0.15) is 0 Å². The van der Waals surface area contributed by atoms with Gasteiger partial charge in [-0.2, -0.15) is 0 Å². The van der Waals surface area contributed by atoms with E-state index in [0.29, 0.717) is 6.61 Å². The number of hydrogen-bond acceptors (Lipinski definition) is 4. The lowest BCUT2D eigenvalue weighted by Crippen LogP contribution is -2.31. The van der Waals surface area contributed by atoms with Gasteiger partial charge in [0, 0.05) is 25.3 Å². The number of hydrogen-bond donors (Lipinski definition) is 2. The van der Waals surface area contributed by atoms with Crippen LogP contribution in [0.4, 0.5) is 5.69 Å². The van der Waals surface area contributed by atoms with Gasteiger partial charge in [0.25, 0.3) is 0 Å². The summed E-state index contributed by atoms with van der Waals surface area (Å²) in [6.07, 6.45) is 6.27. The fraction of sp³-hybridized carbons (Fsp3) is 0.650. The van der Waals surface area contributed by atoms with Gasteiger partial charge in [-0.15, -0.1) is 24.0 Å². The van der Waals surface area contributed by atoms with E-state index in [-0.39, 0.29) is 24.0 Å². The summed E-state index contributed by atoms with van der Waals surface area (Å²) in [7, 11) is 7.68. The predicted molar refractivity (Wildman–Crippen MR) is 126 cm³/mol. The van der Waals surface area contributed by atoms with E-state index in [1.54, 1.807) is 14.2 Å². The smallest absolute Gasteiger partial charge is 0.195 e. The number of halogens is 1. The van der Waals surface area contributed by atoms with Crippen molar-refractivity contribution in [1.82, 2.24) is 10.2 Å². The Morgan fingerprint density at radius 1 is 1.07 bits per heavy atom. The SMILES string of the molecule is CCOc1cc(NC(=NC)NCCCCCCCN(C)C)ccc1OC.I. The van der Waals surface area contributed by atoms with Crippen molar-refractivity contribution in [3.63, 3.8) is 0 Å². The molecule has 0 spiro atoms. The first-order chi connectivity index (χ1) is 12.6. The Bertz CT molecular complexity index is 539. The summed E-state index contributed by atoms with van der Waals surface area (Å²) in [6, 6.07) is 5.78. The van der Waals surface area contributed by atoms with Crippen molar-refractivity contribution in [3.05, 3.63) is 18.2 Å². The van der Waals surface area contributed by atoms with Gasteiger partial charge in [0.2, 0.25) is 0 Å². The molecule has 2 N–H and O–H groups in total. The molecule has 7 heteroatoms. The van der Waals surface area contributed by atoms with Crippen molar-refractivity contribution in [2.75, 3.05) is 53.3 Å². The molecule has 0 atom stereocenters. The van der Waals surface area contributed by atoms with Crippen molar-refractivity contribution in [2.24, 2.45) is 4.99 Å². The van der Waals surface area contributed by atoms with Crippen LogP contribution in [0.15, 0.2) is 23.2 Å². The highest BCUT2D eigenvalue weighted by atomic mass is 127. The Hall–Kier alpha value is -1.22. The molecule has 0 bridgehead atoms. The average Bonchev–Trinajstić information content (AvgIpc) is 2.63. The van der Waals surface area contributed by atoms with Crippen LogP contribution in [0.1, 0.15) is 39.0 Å². The zero-order valence-electron chi connectivity index (χ0n) is 17.5. The van der Waals surface area contributed by atoms with Crippen molar-refractivity contribution in [3.8, 4) is 11.5 Å². The number of guanidine groups is 1. The first kappa shape index (κ1) is 25.8. The second-order valence-electron chi connectivity index (χ2n) is 6.49. The van der Waals surface area contributed by atoms with Crippen molar-refractivity contribution in [1.29, 1.82) is 0 Å².